The number of carbonyl (C=O) groups is 2. The lowest BCUT2D eigenvalue weighted by Crippen LogP contribution is -2.48. The van der Waals surface area contributed by atoms with Gasteiger partial charge in [0.2, 0.25) is 11.8 Å². The van der Waals surface area contributed by atoms with Crippen LogP contribution in [0.5, 0.6) is 0 Å². The molecule has 1 saturated heterocycles. The van der Waals surface area contributed by atoms with Gasteiger partial charge in [-0.2, -0.15) is 0 Å². The highest BCUT2D eigenvalue weighted by Crippen LogP contribution is 2.28. The number of amides is 2. The van der Waals surface area contributed by atoms with Crippen LogP contribution < -0.4 is 11.1 Å². The van der Waals surface area contributed by atoms with Crippen LogP contribution in [0, 0.1) is 5.92 Å². The maximum Gasteiger partial charge on any atom is 0.239 e. The standard InChI is InChI=1S/C20H29N3O2/c21-20(25)19(16-8-2-1-3-9-16)23-12-10-17(11-13-23)22-18(24)14-15-6-4-5-7-15/h1-3,8-9,15,17,19H,4-7,10-14H2,(H2,21,25)(H,22,24)/t19-/m0/s1. The molecule has 1 heterocycles. The number of likely N-dealkylation sites (tertiary alicyclic amines) is 1. The van der Waals surface area contributed by atoms with Crippen LogP contribution in [-0.4, -0.2) is 35.8 Å². The first-order chi connectivity index (χ1) is 12.1. The van der Waals surface area contributed by atoms with Gasteiger partial charge in [-0.3, -0.25) is 14.5 Å². The molecule has 5 nitrogen and oxygen atoms in total. The van der Waals surface area contributed by atoms with Gasteiger partial charge in [0.25, 0.3) is 0 Å². The van der Waals surface area contributed by atoms with Gasteiger partial charge in [0.15, 0.2) is 0 Å². The Morgan fingerprint density at radius 2 is 1.72 bits per heavy atom. The van der Waals surface area contributed by atoms with Crippen molar-refractivity contribution in [3.63, 3.8) is 0 Å². The fourth-order valence-corrected chi connectivity index (χ4v) is 4.26. The summed E-state index contributed by atoms with van der Waals surface area (Å²) in [4.78, 5) is 26.3. The summed E-state index contributed by atoms with van der Waals surface area (Å²) in [6.07, 6.45) is 7.34. The van der Waals surface area contributed by atoms with Gasteiger partial charge in [-0.25, -0.2) is 0 Å². The fraction of sp³-hybridized carbons (Fsp3) is 0.600. The summed E-state index contributed by atoms with van der Waals surface area (Å²) in [6.45, 7) is 1.55. The van der Waals surface area contributed by atoms with Crippen LogP contribution in [0.15, 0.2) is 30.3 Å². The van der Waals surface area contributed by atoms with E-state index in [0.717, 1.165) is 31.5 Å². The number of rotatable bonds is 6. The topological polar surface area (TPSA) is 75.4 Å². The molecule has 1 aromatic rings. The third-order valence-electron chi connectivity index (χ3n) is 5.59. The summed E-state index contributed by atoms with van der Waals surface area (Å²) in [6, 6.07) is 9.54. The average Bonchev–Trinajstić information content (AvgIpc) is 3.10. The van der Waals surface area contributed by atoms with Crippen molar-refractivity contribution in [2.75, 3.05) is 13.1 Å². The molecule has 1 aliphatic heterocycles. The third-order valence-corrected chi connectivity index (χ3v) is 5.59. The number of nitrogens with zero attached hydrogens (tertiary/aromatic N) is 1. The largest absolute Gasteiger partial charge is 0.368 e. The number of hydrogen-bond acceptors (Lipinski definition) is 3. The predicted molar refractivity (Wildman–Crippen MR) is 97.7 cm³/mol. The Morgan fingerprint density at radius 3 is 2.32 bits per heavy atom. The number of nitrogens with two attached hydrogens (primary N) is 1. The SMILES string of the molecule is NC(=O)[C@H](c1ccccc1)N1CCC(NC(=O)CC2CCCC2)CC1. The second kappa shape index (κ2) is 8.48. The summed E-state index contributed by atoms with van der Waals surface area (Å²) >= 11 is 0. The highest BCUT2D eigenvalue weighted by Gasteiger charge is 2.30. The lowest BCUT2D eigenvalue weighted by molar-refractivity contribution is -0.125. The fourth-order valence-electron chi connectivity index (χ4n) is 4.26. The summed E-state index contributed by atoms with van der Waals surface area (Å²) in [5.41, 5.74) is 6.60. The monoisotopic (exact) mass is 343 g/mol. The molecule has 0 radical (unpaired) electrons. The average molecular weight is 343 g/mol. The van der Waals surface area contributed by atoms with E-state index in [1.807, 2.05) is 30.3 Å². The van der Waals surface area contributed by atoms with Gasteiger partial charge in [-0.1, -0.05) is 43.2 Å². The van der Waals surface area contributed by atoms with E-state index in [4.69, 9.17) is 5.73 Å². The molecule has 1 atom stereocenters. The number of carbonyl (C=O) groups excluding carboxylic acids is 2. The normalized spacial score (nSPS) is 21.1. The van der Waals surface area contributed by atoms with Gasteiger partial charge < -0.3 is 11.1 Å². The maximum absolute atomic E-state index is 12.2. The van der Waals surface area contributed by atoms with Gasteiger partial charge in [0, 0.05) is 25.6 Å². The van der Waals surface area contributed by atoms with Crippen LogP contribution in [0.3, 0.4) is 0 Å². The second-order valence-electron chi connectivity index (χ2n) is 7.45. The first-order valence-corrected chi connectivity index (χ1v) is 9.51. The van der Waals surface area contributed by atoms with Crippen molar-refractivity contribution in [2.24, 2.45) is 11.7 Å². The molecule has 0 spiro atoms. The van der Waals surface area contributed by atoms with E-state index in [9.17, 15) is 9.59 Å². The Bertz CT molecular complexity index is 576. The van der Waals surface area contributed by atoms with Gasteiger partial charge in [-0.15, -0.1) is 0 Å². The smallest absolute Gasteiger partial charge is 0.239 e. The van der Waals surface area contributed by atoms with Crippen molar-refractivity contribution in [3.8, 4) is 0 Å². The molecule has 1 aromatic carbocycles. The highest BCUT2D eigenvalue weighted by molar-refractivity contribution is 5.81. The Hall–Kier alpha value is -1.88. The lowest BCUT2D eigenvalue weighted by Gasteiger charge is -2.36. The zero-order chi connectivity index (χ0) is 17.6. The van der Waals surface area contributed by atoms with Crippen LogP contribution in [0.2, 0.25) is 0 Å². The first-order valence-electron chi connectivity index (χ1n) is 9.51. The zero-order valence-electron chi connectivity index (χ0n) is 14.8. The summed E-state index contributed by atoms with van der Waals surface area (Å²) in [5.74, 6) is 0.465. The summed E-state index contributed by atoms with van der Waals surface area (Å²) < 4.78 is 0. The van der Waals surface area contributed by atoms with Gasteiger partial charge >= 0.3 is 0 Å². The van der Waals surface area contributed by atoms with Crippen molar-refractivity contribution in [1.29, 1.82) is 0 Å². The number of primary amides is 1. The number of nitrogens with one attached hydrogen (secondary N) is 1. The minimum absolute atomic E-state index is 0.194. The highest BCUT2D eigenvalue weighted by atomic mass is 16.2. The molecule has 0 aromatic heterocycles. The molecule has 0 bridgehead atoms. The van der Waals surface area contributed by atoms with E-state index < -0.39 is 0 Å². The minimum atomic E-state index is -0.378. The van der Waals surface area contributed by atoms with E-state index in [2.05, 4.69) is 10.2 Å². The Kier molecular flexibility index (Phi) is 6.08. The van der Waals surface area contributed by atoms with Crippen molar-refractivity contribution < 1.29 is 9.59 Å². The molecule has 2 fully saturated rings. The maximum atomic E-state index is 12.2. The molecule has 3 N–H and O–H groups in total. The van der Waals surface area contributed by atoms with E-state index in [1.165, 1.54) is 25.7 Å². The van der Waals surface area contributed by atoms with E-state index in [0.29, 0.717) is 12.3 Å². The summed E-state index contributed by atoms with van der Waals surface area (Å²) in [5, 5.41) is 3.19. The Morgan fingerprint density at radius 1 is 1.08 bits per heavy atom. The Labute approximate surface area is 150 Å². The molecule has 1 saturated carbocycles. The number of hydrogen-bond donors (Lipinski definition) is 2. The number of piperidine rings is 1. The van der Waals surface area contributed by atoms with Crippen molar-refractivity contribution >= 4 is 11.8 Å². The molecular formula is C20H29N3O2. The van der Waals surface area contributed by atoms with E-state index in [1.54, 1.807) is 0 Å². The van der Waals surface area contributed by atoms with Gasteiger partial charge in [0.05, 0.1) is 0 Å². The van der Waals surface area contributed by atoms with Crippen molar-refractivity contribution in [3.05, 3.63) is 35.9 Å². The molecule has 2 amide bonds. The molecule has 5 heteroatoms. The van der Waals surface area contributed by atoms with Crippen LogP contribution in [-0.2, 0) is 9.59 Å². The minimum Gasteiger partial charge on any atom is -0.368 e. The van der Waals surface area contributed by atoms with E-state index in [-0.39, 0.29) is 23.9 Å². The zero-order valence-corrected chi connectivity index (χ0v) is 14.8. The van der Waals surface area contributed by atoms with Crippen LogP contribution in [0.25, 0.3) is 0 Å². The van der Waals surface area contributed by atoms with Crippen LogP contribution >= 0.6 is 0 Å². The van der Waals surface area contributed by atoms with Gasteiger partial charge in [-0.05, 0) is 37.2 Å². The Balaban J connectivity index is 1.50. The van der Waals surface area contributed by atoms with Crippen LogP contribution in [0.4, 0.5) is 0 Å². The molecule has 1 aliphatic carbocycles. The van der Waals surface area contributed by atoms with Crippen LogP contribution in [0.1, 0.15) is 56.6 Å². The third kappa shape index (κ3) is 4.82. The van der Waals surface area contributed by atoms with Crippen molar-refractivity contribution in [2.45, 2.75) is 57.0 Å². The molecule has 25 heavy (non-hydrogen) atoms. The quantitative estimate of drug-likeness (QED) is 0.833. The molecule has 2 aliphatic rings. The van der Waals surface area contributed by atoms with Crippen molar-refractivity contribution in [1.82, 2.24) is 10.2 Å². The molecular weight excluding hydrogens is 314 g/mol. The summed E-state index contributed by atoms with van der Waals surface area (Å²) in [7, 11) is 0. The number of benzene rings is 1. The lowest BCUT2D eigenvalue weighted by atomic mass is 9.98. The van der Waals surface area contributed by atoms with E-state index >= 15 is 0 Å². The van der Waals surface area contributed by atoms with Gasteiger partial charge in [0.1, 0.15) is 6.04 Å². The predicted octanol–water partition coefficient (Wildman–Crippen LogP) is 2.37. The molecule has 136 valence electrons. The molecule has 0 unspecified atom stereocenters. The second-order valence-corrected chi connectivity index (χ2v) is 7.45. The molecule has 3 rings (SSSR count). The first kappa shape index (κ1) is 17.9.